The Labute approximate surface area is 122 Å². The molecule has 110 valence electrons. The lowest BCUT2D eigenvalue weighted by molar-refractivity contribution is -0.132. The highest BCUT2D eigenvalue weighted by Gasteiger charge is 2.20. The van der Waals surface area contributed by atoms with Crippen LogP contribution in [-0.2, 0) is 11.2 Å². The van der Waals surface area contributed by atoms with Crippen molar-refractivity contribution in [1.29, 1.82) is 0 Å². The normalized spacial score (nSPS) is 16.6. The van der Waals surface area contributed by atoms with Crippen molar-refractivity contribution in [2.45, 2.75) is 57.4 Å². The van der Waals surface area contributed by atoms with Crippen molar-refractivity contribution in [3.8, 4) is 0 Å². The number of rotatable bonds is 4. The van der Waals surface area contributed by atoms with Crippen molar-refractivity contribution in [3.05, 3.63) is 29.8 Å². The van der Waals surface area contributed by atoms with E-state index in [1.54, 1.807) is 0 Å². The van der Waals surface area contributed by atoms with Crippen LogP contribution in [0.4, 0.5) is 5.69 Å². The van der Waals surface area contributed by atoms with Gasteiger partial charge in [-0.3, -0.25) is 4.79 Å². The fraction of sp³-hybridized carbons (Fsp3) is 0.588. The van der Waals surface area contributed by atoms with E-state index >= 15 is 0 Å². The van der Waals surface area contributed by atoms with E-state index in [0.717, 1.165) is 17.7 Å². The molecule has 2 rings (SSSR count). The Hall–Kier alpha value is -1.51. The molecule has 1 aliphatic rings. The molecule has 1 amide bonds. The number of nitrogen functional groups attached to an aromatic ring is 1. The molecule has 0 spiro atoms. The van der Waals surface area contributed by atoms with E-state index < -0.39 is 0 Å². The molecule has 2 N–H and O–H groups in total. The Morgan fingerprint density at radius 2 is 1.95 bits per heavy atom. The van der Waals surface area contributed by atoms with E-state index in [9.17, 15) is 4.79 Å². The number of anilines is 1. The number of benzene rings is 1. The van der Waals surface area contributed by atoms with Gasteiger partial charge in [-0.1, -0.05) is 37.8 Å². The molecule has 1 fully saturated rings. The number of aryl methyl sites for hydroxylation is 1. The summed E-state index contributed by atoms with van der Waals surface area (Å²) in [6.07, 6.45) is 8.86. The molecule has 0 aliphatic heterocycles. The van der Waals surface area contributed by atoms with Crippen molar-refractivity contribution >= 4 is 11.6 Å². The van der Waals surface area contributed by atoms with Crippen LogP contribution in [0.5, 0.6) is 0 Å². The molecule has 0 heterocycles. The Balaban J connectivity index is 1.84. The van der Waals surface area contributed by atoms with Gasteiger partial charge < -0.3 is 10.6 Å². The topological polar surface area (TPSA) is 46.3 Å². The molecule has 3 heteroatoms. The number of hydrogen-bond donors (Lipinski definition) is 1. The van der Waals surface area contributed by atoms with Gasteiger partial charge in [-0.25, -0.2) is 0 Å². The number of carbonyl (C=O) groups is 1. The van der Waals surface area contributed by atoms with Gasteiger partial charge in [0.2, 0.25) is 5.91 Å². The Morgan fingerprint density at radius 3 is 2.60 bits per heavy atom. The molecule has 1 aliphatic carbocycles. The van der Waals surface area contributed by atoms with Gasteiger partial charge in [-0.05, 0) is 37.0 Å². The maximum Gasteiger partial charge on any atom is 0.222 e. The first-order valence-electron chi connectivity index (χ1n) is 7.77. The highest BCUT2D eigenvalue weighted by molar-refractivity contribution is 5.76. The first-order chi connectivity index (χ1) is 9.66. The molecule has 1 aromatic carbocycles. The lowest BCUT2D eigenvalue weighted by Gasteiger charge is -2.27. The summed E-state index contributed by atoms with van der Waals surface area (Å²) in [5, 5.41) is 0. The minimum Gasteiger partial charge on any atom is -0.399 e. The smallest absolute Gasteiger partial charge is 0.222 e. The van der Waals surface area contributed by atoms with Crippen molar-refractivity contribution in [3.63, 3.8) is 0 Å². The molecular weight excluding hydrogens is 248 g/mol. The Kier molecular flexibility index (Phi) is 5.45. The third-order valence-corrected chi connectivity index (χ3v) is 4.34. The second kappa shape index (κ2) is 7.32. The lowest BCUT2D eigenvalue weighted by atomic mass is 10.1. The van der Waals surface area contributed by atoms with Crippen molar-refractivity contribution in [2.24, 2.45) is 0 Å². The summed E-state index contributed by atoms with van der Waals surface area (Å²) in [5.41, 5.74) is 7.68. The van der Waals surface area contributed by atoms with Gasteiger partial charge >= 0.3 is 0 Å². The number of nitrogens with zero attached hydrogens (tertiary/aromatic N) is 1. The molecular formula is C17H26N2O. The third kappa shape index (κ3) is 4.26. The quantitative estimate of drug-likeness (QED) is 0.676. The summed E-state index contributed by atoms with van der Waals surface area (Å²) in [6, 6.07) is 8.27. The molecule has 1 aromatic rings. The van der Waals surface area contributed by atoms with Gasteiger partial charge in [0.05, 0.1) is 0 Å². The van der Waals surface area contributed by atoms with Crippen LogP contribution in [0.2, 0.25) is 0 Å². The summed E-state index contributed by atoms with van der Waals surface area (Å²) in [5.74, 6) is 0.263. The van der Waals surface area contributed by atoms with Crippen LogP contribution in [0.25, 0.3) is 0 Å². The molecule has 20 heavy (non-hydrogen) atoms. The minimum atomic E-state index is 0.263. The molecule has 0 atom stereocenters. The van der Waals surface area contributed by atoms with Crippen LogP contribution in [-0.4, -0.2) is 23.9 Å². The van der Waals surface area contributed by atoms with E-state index in [-0.39, 0.29) is 5.91 Å². The van der Waals surface area contributed by atoms with Gasteiger partial charge in [-0.2, -0.15) is 0 Å². The lowest BCUT2D eigenvalue weighted by Crippen LogP contribution is -2.36. The molecule has 0 unspecified atom stereocenters. The van der Waals surface area contributed by atoms with Crippen LogP contribution in [0.3, 0.4) is 0 Å². The Morgan fingerprint density at radius 1 is 1.25 bits per heavy atom. The summed E-state index contributed by atoms with van der Waals surface area (Å²) in [7, 11) is 1.97. The first-order valence-corrected chi connectivity index (χ1v) is 7.77. The van der Waals surface area contributed by atoms with E-state index in [1.807, 2.05) is 36.2 Å². The monoisotopic (exact) mass is 274 g/mol. The third-order valence-electron chi connectivity index (χ3n) is 4.34. The van der Waals surface area contributed by atoms with Crippen molar-refractivity contribution in [2.75, 3.05) is 12.8 Å². The number of nitrogens with two attached hydrogens (primary N) is 1. The predicted molar refractivity (Wildman–Crippen MR) is 83.4 cm³/mol. The standard InChI is InChI=1S/C17H26N2O/c1-19(16-9-4-2-3-5-10-16)17(20)12-11-14-7-6-8-15(18)13-14/h6-8,13,16H,2-5,9-12,18H2,1H3. The molecule has 0 radical (unpaired) electrons. The predicted octanol–water partition coefficient (Wildman–Crippen LogP) is 3.38. The van der Waals surface area contributed by atoms with Crippen molar-refractivity contribution < 1.29 is 4.79 Å². The van der Waals surface area contributed by atoms with Gasteiger partial charge in [0.1, 0.15) is 0 Å². The fourth-order valence-corrected chi connectivity index (χ4v) is 3.02. The van der Waals surface area contributed by atoms with Crippen LogP contribution in [0.15, 0.2) is 24.3 Å². The Bertz CT molecular complexity index is 436. The van der Waals surface area contributed by atoms with Crippen LogP contribution >= 0.6 is 0 Å². The molecule has 1 saturated carbocycles. The summed E-state index contributed by atoms with van der Waals surface area (Å²) in [6.45, 7) is 0. The minimum absolute atomic E-state index is 0.263. The van der Waals surface area contributed by atoms with Crippen LogP contribution < -0.4 is 5.73 Å². The molecule has 0 saturated heterocycles. The van der Waals surface area contributed by atoms with Crippen LogP contribution in [0, 0.1) is 0 Å². The summed E-state index contributed by atoms with van der Waals surface area (Å²) < 4.78 is 0. The van der Waals surface area contributed by atoms with Gasteiger partial charge in [-0.15, -0.1) is 0 Å². The summed E-state index contributed by atoms with van der Waals surface area (Å²) >= 11 is 0. The summed E-state index contributed by atoms with van der Waals surface area (Å²) in [4.78, 5) is 14.3. The first kappa shape index (κ1) is 14.9. The van der Waals surface area contributed by atoms with E-state index in [0.29, 0.717) is 12.5 Å². The fourth-order valence-electron chi connectivity index (χ4n) is 3.02. The zero-order valence-corrected chi connectivity index (χ0v) is 12.5. The van der Waals surface area contributed by atoms with Crippen molar-refractivity contribution in [1.82, 2.24) is 4.90 Å². The van der Waals surface area contributed by atoms with Gasteiger partial charge in [0.25, 0.3) is 0 Å². The number of carbonyl (C=O) groups excluding carboxylic acids is 1. The number of amides is 1. The molecule has 3 nitrogen and oxygen atoms in total. The van der Waals surface area contributed by atoms with E-state index in [2.05, 4.69) is 0 Å². The zero-order chi connectivity index (χ0) is 14.4. The van der Waals surface area contributed by atoms with Crippen LogP contribution in [0.1, 0.15) is 50.5 Å². The van der Waals surface area contributed by atoms with Gasteiger partial charge in [0, 0.05) is 25.2 Å². The number of hydrogen-bond acceptors (Lipinski definition) is 2. The maximum atomic E-state index is 12.3. The second-order valence-corrected chi connectivity index (χ2v) is 5.90. The highest BCUT2D eigenvalue weighted by Crippen LogP contribution is 2.21. The van der Waals surface area contributed by atoms with Gasteiger partial charge in [0.15, 0.2) is 0 Å². The SMILES string of the molecule is CN(C(=O)CCc1cccc(N)c1)C1CCCCCC1. The maximum absolute atomic E-state index is 12.3. The van der Waals surface area contributed by atoms with E-state index in [4.69, 9.17) is 5.73 Å². The largest absolute Gasteiger partial charge is 0.399 e. The average molecular weight is 274 g/mol. The highest BCUT2D eigenvalue weighted by atomic mass is 16.2. The average Bonchev–Trinajstić information content (AvgIpc) is 2.73. The second-order valence-electron chi connectivity index (χ2n) is 5.90. The van der Waals surface area contributed by atoms with E-state index in [1.165, 1.54) is 38.5 Å². The zero-order valence-electron chi connectivity index (χ0n) is 12.5. The molecule has 0 aromatic heterocycles. The molecule has 0 bridgehead atoms.